The maximum absolute atomic E-state index is 12.3. The monoisotopic (exact) mass is 324 g/mol. The fourth-order valence-electron chi connectivity index (χ4n) is 1.82. The van der Waals surface area contributed by atoms with E-state index in [1.165, 1.54) is 12.1 Å². The van der Waals surface area contributed by atoms with Crippen LogP contribution in [0.15, 0.2) is 12.1 Å². The SMILES string of the molecule is Cc1c(O)ccc(N(NC(=O)OC(C)C)C(=O)OC(C)C)c1C. The van der Waals surface area contributed by atoms with Crippen LogP contribution in [0.4, 0.5) is 15.3 Å². The highest BCUT2D eigenvalue weighted by molar-refractivity contribution is 5.91. The van der Waals surface area contributed by atoms with Gasteiger partial charge in [0, 0.05) is 0 Å². The number of phenolic OH excluding ortho intramolecular Hbond substituents is 1. The van der Waals surface area contributed by atoms with Crippen molar-refractivity contribution in [2.45, 2.75) is 53.8 Å². The molecular weight excluding hydrogens is 300 g/mol. The summed E-state index contributed by atoms with van der Waals surface area (Å²) in [6.45, 7) is 10.3. The Bertz CT molecular complexity index is 584. The van der Waals surface area contributed by atoms with E-state index in [4.69, 9.17) is 9.47 Å². The lowest BCUT2D eigenvalue weighted by Gasteiger charge is -2.26. The molecule has 0 atom stereocenters. The molecule has 0 unspecified atom stereocenters. The molecule has 1 aromatic rings. The summed E-state index contributed by atoms with van der Waals surface area (Å²) in [6.07, 6.45) is -2.20. The molecule has 2 amide bonds. The van der Waals surface area contributed by atoms with Gasteiger partial charge in [-0.3, -0.25) is 0 Å². The number of aromatic hydroxyl groups is 1. The Morgan fingerprint density at radius 3 is 2.13 bits per heavy atom. The van der Waals surface area contributed by atoms with Crippen molar-refractivity contribution in [2.24, 2.45) is 0 Å². The molecule has 0 aromatic heterocycles. The quantitative estimate of drug-likeness (QED) is 0.832. The second-order valence-electron chi connectivity index (χ2n) is 5.69. The molecule has 7 heteroatoms. The van der Waals surface area contributed by atoms with Crippen LogP contribution in [0, 0.1) is 13.8 Å². The highest BCUT2D eigenvalue weighted by Gasteiger charge is 2.24. The largest absolute Gasteiger partial charge is 0.508 e. The van der Waals surface area contributed by atoms with Gasteiger partial charge >= 0.3 is 12.2 Å². The minimum Gasteiger partial charge on any atom is -0.508 e. The first-order valence-corrected chi connectivity index (χ1v) is 7.40. The van der Waals surface area contributed by atoms with E-state index < -0.39 is 12.2 Å². The molecule has 0 bridgehead atoms. The topological polar surface area (TPSA) is 88.1 Å². The summed E-state index contributed by atoms with van der Waals surface area (Å²) in [5, 5.41) is 10.7. The summed E-state index contributed by atoms with van der Waals surface area (Å²) in [5.41, 5.74) is 4.00. The Hall–Kier alpha value is -2.44. The Morgan fingerprint density at radius 2 is 1.61 bits per heavy atom. The number of benzene rings is 1. The zero-order valence-electron chi connectivity index (χ0n) is 14.3. The second kappa shape index (κ2) is 7.71. The van der Waals surface area contributed by atoms with E-state index in [9.17, 15) is 14.7 Å². The Morgan fingerprint density at radius 1 is 1.04 bits per heavy atom. The summed E-state index contributed by atoms with van der Waals surface area (Å²) in [6, 6.07) is 2.97. The van der Waals surface area contributed by atoms with Gasteiger partial charge in [0.2, 0.25) is 0 Å². The van der Waals surface area contributed by atoms with Crippen LogP contribution in [-0.2, 0) is 9.47 Å². The number of hydrogen-bond acceptors (Lipinski definition) is 5. The van der Waals surface area contributed by atoms with E-state index in [0.29, 0.717) is 16.8 Å². The zero-order valence-corrected chi connectivity index (χ0v) is 14.3. The lowest BCUT2D eigenvalue weighted by atomic mass is 10.1. The molecule has 1 aromatic carbocycles. The van der Waals surface area contributed by atoms with Gasteiger partial charge in [-0.2, -0.15) is 5.01 Å². The van der Waals surface area contributed by atoms with Crippen LogP contribution in [0.25, 0.3) is 0 Å². The van der Waals surface area contributed by atoms with Gasteiger partial charge in [-0.15, -0.1) is 0 Å². The highest BCUT2D eigenvalue weighted by atomic mass is 16.6. The molecule has 23 heavy (non-hydrogen) atoms. The Labute approximate surface area is 136 Å². The van der Waals surface area contributed by atoms with E-state index in [2.05, 4.69) is 5.43 Å². The summed E-state index contributed by atoms with van der Waals surface area (Å²) in [7, 11) is 0. The molecule has 0 spiro atoms. The maximum atomic E-state index is 12.3. The summed E-state index contributed by atoms with van der Waals surface area (Å²) >= 11 is 0. The normalized spacial score (nSPS) is 10.6. The molecule has 1 rings (SSSR count). The van der Waals surface area contributed by atoms with Gasteiger partial charge in [-0.1, -0.05) is 0 Å². The van der Waals surface area contributed by atoms with Crippen molar-refractivity contribution in [3.63, 3.8) is 0 Å². The number of carbonyl (C=O) groups excluding carboxylic acids is 2. The molecule has 0 heterocycles. The standard InChI is InChI=1S/C16H24N2O5/c1-9(2)22-15(20)17-18(16(21)23-10(3)4)13-7-8-14(19)12(6)11(13)5/h7-10,19H,1-6H3,(H,17,20). The first kappa shape index (κ1) is 18.6. The number of carbonyl (C=O) groups is 2. The van der Waals surface area contributed by atoms with E-state index >= 15 is 0 Å². The molecule has 0 saturated carbocycles. The number of ether oxygens (including phenoxy) is 2. The van der Waals surface area contributed by atoms with Crippen molar-refractivity contribution in [3.8, 4) is 5.75 Å². The van der Waals surface area contributed by atoms with Gasteiger partial charge < -0.3 is 14.6 Å². The molecule has 0 aliphatic carbocycles. The van der Waals surface area contributed by atoms with Crippen LogP contribution in [-0.4, -0.2) is 29.5 Å². The minimum atomic E-state index is -0.772. The molecule has 0 aliphatic heterocycles. The fourth-order valence-corrected chi connectivity index (χ4v) is 1.82. The van der Waals surface area contributed by atoms with E-state index in [0.717, 1.165) is 5.01 Å². The van der Waals surface area contributed by atoms with Gasteiger partial charge in [0.05, 0.1) is 17.9 Å². The lowest BCUT2D eigenvalue weighted by molar-refractivity contribution is 0.103. The summed E-state index contributed by atoms with van der Waals surface area (Å²) in [4.78, 5) is 24.2. The fraction of sp³-hybridized carbons (Fsp3) is 0.500. The predicted octanol–water partition coefficient (Wildman–Crippen LogP) is 3.41. The van der Waals surface area contributed by atoms with Gasteiger partial charge in [0.15, 0.2) is 0 Å². The van der Waals surface area contributed by atoms with E-state index in [1.54, 1.807) is 41.5 Å². The Balaban J connectivity index is 3.16. The molecule has 0 fully saturated rings. The number of amides is 2. The van der Waals surface area contributed by atoms with Crippen molar-refractivity contribution in [2.75, 3.05) is 5.01 Å². The molecule has 128 valence electrons. The number of hydrogen-bond donors (Lipinski definition) is 2. The van der Waals surface area contributed by atoms with Gasteiger partial charge in [-0.05, 0) is 64.8 Å². The number of rotatable bonds is 3. The average molecular weight is 324 g/mol. The number of phenols is 1. The van der Waals surface area contributed by atoms with E-state index in [1.807, 2.05) is 0 Å². The molecule has 0 saturated heterocycles. The lowest BCUT2D eigenvalue weighted by Crippen LogP contribution is -2.48. The highest BCUT2D eigenvalue weighted by Crippen LogP contribution is 2.29. The molecule has 7 nitrogen and oxygen atoms in total. The van der Waals surface area contributed by atoms with Crippen molar-refractivity contribution in [3.05, 3.63) is 23.3 Å². The van der Waals surface area contributed by atoms with Crippen LogP contribution < -0.4 is 10.4 Å². The third kappa shape index (κ3) is 5.05. The minimum absolute atomic E-state index is 0.105. The second-order valence-corrected chi connectivity index (χ2v) is 5.69. The van der Waals surface area contributed by atoms with Gasteiger partial charge in [0.25, 0.3) is 0 Å². The van der Waals surface area contributed by atoms with Crippen LogP contribution in [0.1, 0.15) is 38.8 Å². The molecule has 0 aliphatic rings. The first-order chi connectivity index (χ1) is 10.6. The van der Waals surface area contributed by atoms with Gasteiger partial charge in [-0.25, -0.2) is 15.0 Å². The van der Waals surface area contributed by atoms with Crippen LogP contribution in [0.5, 0.6) is 5.75 Å². The number of nitrogens with one attached hydrogen (secondary N) is 1. The molecule has 0 radical (unpaired) electrons. The third-order valence-corrected chi connectivity index (χ3v) is 3.04. The van der Waals surface area contributed by atoms with Crippen LogP contribution in [0.2, 0.25) is 0 Å². The van der Waals surface area contributed by atoms with E-state index in [-0.39, 0.29) is 18.0 Å². The van der Waals surface area contributed by atoms with Crippen molar-refractivity contribution < 1.29 is 24.2 Å². The predicted molar refractivity (Wildman–Crippen MR) is 86.4 cm³/mol. The van der Waals surface area contributed by atoms with Crippen molar-refractivity contribution in [1.82, 2.24) is 5.43 Å². The first-order valence-electron chi connectivity index (χ1n) is 7.40. The van der Waals surface area contributed by atoms with Crippen LogP contribution >= 0.6 is 0 Å². The van der Waals surface area contributed by atoms with Crippen LogP contribution in [0.3, 0.4) is 0 Å². The number of hydrazine groups is 1. The molecule has 2 N–H and O–H groups in total. The van der Waals surface area contributed by atoms with Crippen molar-refractivity contribution in [1.29, 1.82) is 0 Å². The third-order valence-electron chi connectivity index (χ3n) is 3.04. The number of nitrogens with zero attached hydrogens (tertiary/aromatic N) is 1. The average Bonchev–Trinajstić information content (AvgIpc) is 2.41. The smallest absolute Gasteiger partial charge is 0.433 e. The zero-order chi connectivity index (χ0) is 17.7. The maximum Gasteiger partial charge on any atom is 0.433 e. The van der Waals surface area contributed by atoms with Crippen molar-refractivity contribution >= 4 is 17.9 Å². The summed E-state index contributed by atoms with van der Waals surface area (Å²) in [5.74, 6) is 0.105. The Kier molecular flexibility index (Phi) is 6.24. The number of anilines is 1. The summed E-state index contributed by atoms with van der Waals surface area (Å²) < 4.78 is 10.2. The van der Waals surface area contributed by atoms with Gasteiger partial charge in [0.1, 0.15) is 5.75 Å². The molecular formula is C16H24N2O5.